The average molecular weight is 333 g/mol. The van der Waals surface area contributed by atoms with Gasteiger partial charge in [0, 0.05) is 10.9 Å². The summed E-state index contributed by atoms with van der Waals surface area (Å²) in [6, 6.07) is 5.84. The number of carbonyl (C=O) groups excluding carboxylic acids is 1. The monoisotopic (exact) mass is 333 g/mol. The van der Waals surface area contributed by atoms with Gasteiger partial charge in [0.05, 0.1) is 32.0 Å². The van der Waals surface area contributed by atoms with Gasteiger partial charge in [0.2, 0.25) is 5.13 Å². The van der Waals surface area contributed by atoms with Gasteiger partial charge in [-0.1, -0.05) is 12.1 Å². The molecule has 0 bridgehead atoms. The van der Waals surface area contributed by atoms with E-state index in [0.29, 0.717) is 17.4 Å². The number of aromatic nitrogens is 1. The Bertz CT molecular complexity index is 698. The van der Waals surface area contributed by atoms with Gasteiger partial charge in [-0.3, -0.25) is 10.2 Å². The maximum atomic E-state index is 11.4. The molecular weight excluding hydrogens is 314 g/mol. The lowest BCUT2D eigenvalue weighted by molar-refractivity contribution is -0.142. The maximum Gasteiger partial charge on any atom is 0.311 e. The molecule has 7 heteroatoms. The molecule has 0 spiro atoms. The fraction of sp³-hybridized carbons (Fsp3) is 0.312. The van der Waals surface area contributed by atoms with Crippen LogP contribution in [-0.4, -0.2) is 30.9 Å². The predicted molar refractivity (Wildman–Crippen MR) is 91.4 cm³/mol. The molecule has 0 amide bonds. The molecule has 23 heavy (non-hydrogen) atoms. The number of carbonyl (C=O) groups is 1. The highest BCUT2D eigenvalue weighted by molar-refractivity contribution is 7.13. The van der Waals surface area contributed by atoms with Gasteiger partial charge < -0.3 is 9.47 Å². The number of nitrogens with zero attached hydrogens (tertiary/aromatic N) is 2. The van der Waals surface area contributed by atoms with Crippen LogP contribution in [0.2, 0.25) is 0 Å². The van der Waals surface area contributed by atoms with Gasteiger partial charge in [-0.05, 0) is 25.5 Å². The lowest BCUT2D eigenvalue weighted by Crippen LogP contribution is -2.07. The van der Waals surface area contributed by atoms with Crippen molar-refractivity contribution in [1.29, 1.82) is 0 Å². The van der Waals surface area contributed by atoms with Crippen LogP contribution in [0.5, 0.6) is 5.75 Å². The standard InChI is InChI=1S/C16H19N3O3S/c1-4-22-14(20)8-13-10-23-16(18-13)19-17-9-12-7-5-6-11(2)15(12)21-3/h5-7,9-10H,4,8H2,1-3H3,(H,18,19). The van der Waals surface area contributed by atoms with Gasteiger partial charge in [0.1, 0.15) is 5.75 Å². The van der Waals surface area contributed by atoms with E-state index in [0.717, 1.165) is 16.9 Å². The number of esters is 1. The third-order valence-electron chi connectivity index (χ3n) is 2.99. The summed E-state index contributed by atoms with van der Waals surface area (Å²) in [5.41, 5.74) is 5.45. The summed E-state index contributed by atoms with van der Waals surface area (Å²) in [6.45, 7) is 4.13. The van der Waals surface area contributed by atoms with Gasteiger partial charge in [-0.25, -0.2) is 4.98 Å². The molecule has 2 aromatic rings. The van der Waals surface area contributed by atoms with Crippen LogP contribution in [-0.2, 0) is 16.0 Å². The second-order valence-electron chi connectivity index (χ2n) is 4.69. The minimum Gasteiger partial charge on any atom is -0.496 e. The molecule has 0 saturated carbocycles. The first-order valence-corrected chi connectivity index (χ1v) is 8.04. The highest BCUT2D eigenvalue weighted by Gasteiger charge is 2.08. The highest BCUT2D eigenvalue weighted by atomic mass is 32.1. The molecule has 0 unspecified atom stereocenters. The number of hydrogen-bond donors (Lipinski definition) is 1. The quantitative estimate of drug-likeness (QED) is 0.479. The molecule has 0 atom stereocenters. The van der Waals surface area contributed by atoms with E-state index >= 15 is 0 Å². The van der Waals surface area contributed by atoms with Crippen LogP contribution < -0.4 is 10.2 Å². The van der Waals surface area contributed by atoms with Crippen LogP contribution in [0, 0.1) is 6.92 Å². The fourth-order valence-electron chi connectivity index (χ4n) is 2.01. The Labute approximate surface area is 139 Å². The summed E-state index contributed by atoms with van der Waals surface area (Å²) in [4.78, 5) is 15.7. The Morgan fingerprint density at radius 2 is 2.30 bits per heavy atom. The van der Waals surface area contributed by atoms with Crippen molar-refractivity contribution in [1.82, 2.24) is 4.98 Å². The molecule has 0 aliphatic carbocycles. The van der Waals surface area contributed by atoms with Gasteiger partial charge in [0.25, 0.3) is 0 Å². The number of methoxy groups -OCH3 is 1. The molecule has 2 rings (SSSR count). The molecule has 6 nitrogen and oxygen atoms in total. The minimum atomic E-state index is -0.280. The number of hydrazone groups is 1. The van der Waals surface area contributed by atoms with Crippen LogP contribution in [0.3, 0.4) is 0 Å². The summed E-state index contributed by atoms with van der Waals surface area (Å²) in [7, 11) is 1.63. The first-order chi connectivity index (χ1) is 11.1. The Morgan fingerprint density at radius 1 is 1.48 bits per heavy atom. The van der Waals surface area contributed by atoms with Crippen molar-refractivity contribution in [3.05, 3.63) is 40.4 Å². The molecule has 0 saturated heterocycles. The highest BCUT2D eigenvalue weighted by Crippen LogP contribution is 2.21. The summed E-state index contributed by atoms with van der Waals surface area (Å²) >= 11 is 1.38. The van der Waals surface area contributed by atoms with E-state index in [1.54, 1.807) is 20.2 Å². The molecule has 1 heterocycles. The van der Waals surface area contributed by atoms with Crippen LogP contribution in [0.25, 0.3) is 0 Å². The molecule has 0 aliphatic rings. The van der Waals surface area contributed by atoms with Crippen LogP contribution in [0.15, 0.2) is 28.7 Å². The first kappa shape index (κ1) is 17.0. The average Bonchev–Trinajstić information content (AvgIpc) is 2.95. The number of aryl methyl sites for hydroxylation is 1. The van der Waals surface area contributed by atoms with Crippen molar-refractivity contribution in [3.8, 4) is 5.75 Å². The molecule has 1 aromatic heterocycles. The van der Waals surface area contributed by atoms with E-state index in [1.807, 2.05) is 30.5 Å². The second kappa shape index (κ2) is 8.28. The summed E-state index contributed by atoms with van der Waals surface area (Å²) < 4.78 is 10.3. The number of ether oxygens (including phenoxy) is 2. The molecule has 0 radical (unpaired) electrons. The second-order valence-corrected chi connectivity index (χ2v) is 5.55. The van der Waals surface area contributed by atoms with E-state index in [4.69, 9.17) is 9.47 Å². The zero-order chi connectivity index (χ0) is 16.7. The number of anilines is 1. The Kier molecular flexibility index (Phi) is 6.10. The molecule has 0 fully saturated rings. The lowest BCUT2D eigenvalue weighted by Gasteiger charge is -2.07. The largest absolute Gasteiger partial charge is 0.496 e. The Morgan fingerprint density at radius 3 is 3.04 bits per heavy atom. The maximum absolute atomic E-state index is 11.4. The van der Waals surface area contributed by atoms with Crippen molar-refractivity contribution < 1.29 is 14.3 Å². The normalized spacial score (nSPS) is 10.7. The smallest absolute Gasteiger partial charge is 0.311 e. The molecule has 122 valence electrons. The third kappa shape index (κ3) is 4.79. The van der Waals surface area contributed by atoms with Gasteiger partial charge in [0.15, 0.2) is 0 Å². The summed E-state index contributed by atoms with van der Waals surface area (Å²) in [5, 5.41) is 6.59. The number of benzene rings is 1. The van der Waals surface area contributed by atoms with Crippen molar-refractivity contribution in [2.75, 3.05) is 19.1 Å². The van der Waals surface area contributed by atoms with Crippen molar-refractivity contribution in [2.45, 2.75) is 20.3 Å². The SMILES string of the molecule is CCOC(=O)Cc1csc(NN=Cc2cccc(C)c2OC)n1. The van der Waals surface area contributed by atoms with Crippen LogP contribution in [0.1, 0.15) is 23.7 Å². The van der Waals surface area contributed by atoms with Crippen LogP contribution >= 0.6 is 11.3 Å². The van der Waals surface area contributed by atoms with Gasteiger partial charge >= 0.3 is 5.97 Å². The predicted octanol–water partition coefficient (Wildman–Crippen LogP) is 3.01. The molecule has 0 aliphatic heterocycles. The first-order valence-electron chi connectivity index (χ1n) is 7.16. The van der Waals surface area contributed by atoms with E-state index in [1.165, 1.54) is 11.3 Å². The number of para-hydroxylation sites is 1. The van der Waals surface area contributed by atoms with Crippen molar-refractivity contribution in [3.63, 3.8) is 0 Å². The zero-order valence-electron chi connectivity index (χ0n) is 13.3. The lowest BCUT2D eigenvalue weighted by atomic mass is 10.1. The number of nitrogens with one attached hydrogen (secondary N) is 1. The number of rotatable bonds is 7. The zero-order valence-corrected chi connectivity index (χ0v) is 14.1. The summed E-state index contributed by atoms with van der Waals surface area (Å²) in [5.74, 6) is 0.512. The fourth-order valence-corrected chi connectivity index (χ4v) is 2.67. The third-order valence-corrected chi connectivity index (χ3v) is 3.79. The molecular formula is C16H19N3O3S. The van der Waals surface area contributed by atoms with Gasteiger partial charge in [-0.15, -0.1) is 11.3 Å². The Balaban J connectivity index is 1.97. The van der Waals surface area contributed by atoms with E-state index in [2.05, 4.69) is 15.5 Å². The number of thiazole rings is 1. The number of hydrogen-bond acceptors (Lipinski definition) is 7. The molecule has 1 N–H and O–H groups in total. The van der Waals surface area contributed by atoms with E-state index < -0.39 is 0 Å². The van der Waals surface area contributed by atoms with E-state index in [-0.39, 0.29) is 12.4 Å². The van der Waals surface area contributed by atoms with E-state index in [9.17, 15) is 4.79 Å². The molecule has 1 aromatic carbocycles. The Hall–Kier alpha value is -2.41. The van der Waals surface area contributed by atoms with Crippen molar-refractivity contribution in [2.24, 2.45) is 5.10 Å². The summed E-state index contributed by atoms with van der Waals surface area (Å²) in [6.07, 6.45) is 1.85. The van der Waals surface area contributed by atoms with Crippen molar-refractivity contribution >= 4 is 28.7 Å². The topological polar surface area (TPSA) is 72.8 Å². The minimum absolute atomic E-state index is 0.168. The van der Waals surface area contributed by atoms with Crippen LogP contribution in [0.4, 0.5) is 5.13 Å². The van der Waals surface area contributed by atoms with Gasteiger partial charge in [-0.2, -0.15) is 5.10 Å².